The molecule has 15 heavy (non-hydrogen) atoms. The molecule has 1 aromatic carbocycles. The van der Waals surface area contributed by atoms with E-state index in [1.807, 2.05) is 6.08 Å². The summed E-state index contributed by atoms with van der Waals surface area (Å²) in [6.07, 6.45) is 3.87. The Balaban J connectivity index is 3.43. The molecule has 1 heteroatoms. The van der Waals surface area contributed by atoms with Gasteiger partial charge >= 0.3 is 0 Å². The molecular formula is C14H18O. The van der Waals surface area contributed by atoms with Crippen LogP contribution in [0.25, 0.3) is 6.08 Å². The second-order valence-corrected chi connectivity index (χ2v) is 3.39. The van der Waals surface area contributed by atoms with E-state index in [0.29, 0.717) is 0 Å². The van der Waals surface area contributed by atoms with Gasteiger partial charge in [0.15, 0.2) is 0 Å². The van der Waals surface area contributed by atoms with Gasteiger partial charge in [0.1, 0.15) is 5.75 Å². The Kier molecular flexibility index (Phi) is 4.20. The van der Waals surface area contributed by atoms with Gasteiger partial charge in [-0.2, -0.15) is 0 Å². The summed E-state index contributed by atoms with van der Waals surface area (Å²) in [7, 11) is 1.72. The number of rotatable bonds is 4. The van der Waals surface area contributed by atoms with E-state index in [9.17, 15) is 0 Å². The van der Waals surface area contributed by atoms with Gasteiger partial charge in [-0.05, 0) is 30.0 Å². The van der Waals surface area contributed by atoms with Crippen molar-refractivity contribution in [3.05, 3.63) is 41.1 Å². The van der Waals surface area contributed by atoms with Crippen LogP contribution in [0, 0.1) is 0 Å². The van der Waals surface area contributed by atoms with Crippen molar-refractivity contribution in [2.75, 3.05) is 7.11 Å². The monoisotopic (exact) mass is 202 g/mol. The topological polar surface area (TPSA) is 9.23 Å². The van der Waals surface area contributed by atoms with Crippen molar-refractivity contribution in [1.82, 2.24) is 0 Å². The molecule has 0 saturated carbocycles. The van der Waals surface area contributed by atoms with E-state index >= 15 is 0 Å². The summed E-state index contributed by atoms with van der Waals surface area (Å²) >= 11 is 0. The van der Waals surface area contributed by atoms with E-state index in [1.54, 1.807) is 7.11 Å². The Bertz CT molecular complexity index is 385. The number of benzene rings is 1. The van der Waals surface area contributed by atoms with Crippen molar-refractivity contribution in [2.45, 2.75) is 26.7 Å². The van der Waals surface area contributed by atoms with Crippen molar-refractivity contribution in [1.29, 1.82) is 0 Å². The molecule has 0 N–H and O–H groups in total. The molecule has 80 valence electrons. The third-order valence-corrected chi connectivity index (χ3v) is 2.58. The Morgan fingerprint density at radius 1 is 1.27 bits per heavy atom. The fraction of sp³-hybridized carbons (Fsp3) is 0.357. The first-order chi connectivity index (χ1) is 7.28. The molecule has 0 atom stereocenters. The lowest BCUT2D eigenvalue weighted by Crippen LogP contribution is -1.97. The first kappa shape index (κ1) is 11.6. The number of hydrogen-bond acceptors (Lipinski definition) is 1. The van der Waals surface area contributed by atoms with Crippen LogP contribution in [0.4, 0.5) is 0 Å². The zero-order valence-corrected chi connectivity index (χ0v) is 9.76. The minimum Gasteiger partial charge on any atom is -0.496 e. The maximum Gasteiger partial charge on any atom is 0.130 e. The van der Waals surface area contributed by atoms with E-state index in [2.05, 4.69) is 38.3 Å². The predicted molar refractivity (Wildman–Crippen MR) is 65.4 cm³/mol. The molecule has 0 spiro atoms. The lowest BCUT2D eigenvalue weighted by Gasteiger charge is -2.13. The molecule has 0 saturated heterocycles. The summed E-state index contributed by atoms with van der Waals surface area (Å²) in [5.74, 6) is 0.966. The van der Waals surface area contributed by atoms with Gasteiger partial charge in [0.2, 0.25) is 0 Å². The zero-order chi connectivity index (χ0) is 11.3. The van der Waals surface area contributed by atoms with Crippen LogP contribution < -0.4 is 4.74 Å². The summed E-state index contributed by atoms with van der Waals surface area (Å²) in [5.41, 5.74) is 6.46. The summed E-state index contributed by atoms with van der Waals surface area (Å²) in [4.78, 5) is 0. The Morgan fingerprint density at radius 3 is 2.33 bits per heavy atom. The van der Waals surface area contributed by atoms with E-state index in [4.69, 9.17) is 4.74 Å². The fourth-order valence-electron chi connectivity index (χ4n) is 1.77. The first-order valence-corrected chi connectivity index (χ1v) is 5.33. The van der Waals surface area contributed by atoms with E-state index < -0.39 is 0 Å². The molecule has 1 nitrogen and oxygen atoms in total. The molecule has 0 fully saturated rings. The molecule has 1 aromatic rings. The molecule has 1 rings (SSSR count). The summed E-state index contributed by atoms with van der Waals surface area (Å²) in [6, 6.07) is 4.29. The Hall–Kier alpha value is -1.46. The van der Waals surface area contributed by atoms with Crippen molar-refractivity contribution < 1.29 is 4.74 Å². The number of methoxy groups -OCH3 is 1. The third-order valence-electron chi connectivity index (χ3n) is 2.58. The minimum absolute atomic E-state index is 0.966. The van der Waals surface area contributed by atoms with Crippen LogP contribution >= 0.6 is 0 Å². The lowest BCUT2D eigenvalue weighted by molar-refractivity contribution is 0.408. The van der Waals surface area contributed by atoms with E-state index in [0.717, 1.165) is 24.2 Å². The van der Waals surface area contributed by atoms with Gasteiger partial charge < -0.3 is 4.74 Å². The second kappa shape index (κ2) is 5.43. The highest BCUT2D eigenvalue weighted by Gasteiger charge is 2.09. The van der Waals surface area contributed by atoms with Gasteiger partial charge in [0.05, 0.1) is 7.11 Å². The molecule has 0 amide bonds. The highest BCUT2D eigenvalue weighted by atomic mass is 16.5. The van der Waals surface area contributed by atoms with Crippen LogP contribution in [0.15, 0.2) is 24.4 Å². The van der Waals surface area contributed by atoms with Crippen molar-refractivity contribution in [2.24, 2.45) is 0 Å². The number of ether oxygens (including phenoxy) is 1. The molecule has 0 bridgehead atoms. The molecule has 0 radical (unpaired) electrons. The highest BCUT2D eigenvalue weighted by Crippen LogP contribution is 2.29. The maximum absolute atomic E-state index is 5.46. The van der Waals surface area contributed by atoms with Crippen LogP contribution in [-0.2, 0) is 12.8 Å². The molecule has 0 aromatic heterocycles. The number of aryl methyl sites for hydroxylation is 2. The van der Waals surface area contributed by atoms with Crippen LogP contribution in [0.5, 0.6) is 5.75 Å². The standard InChI is InChI=1S/C14H18O/c1-5-8-13-11(6-2)9-10-12(7-3)14(13)15-4/h8-10H,1,6-7H2,2-4H3. The summed E-state index contributed by atoms with van der Waals surface area (Å²) in [6.45, 7) is 7.90. The molecule has 0 heterocycles. The van der Waals surface area contributed by atoms with Gasteiger partial charge in [-0.15, -0.1) is 5.73 Å². The smallest absolute Gasteiger partial charge is 0.130 e. The van der Waals surface area contributed by atoms with Crippen LogP contribution in [-0.4, -0.2) is 7.11 Å². The molecule has 0 aliphatic heterocycles. The van der Waals surface area contributed by atoms with Gasteiger partial charge in [-0.3, -0.25) is 0 Å². The van der Waals surface area contributed by atoms with Gasteiger partial charge in [0.25, 0.3) is 0 Å². The lowest BCUT2D eigenvalue weighted by atomic mass is 9.99. The Labute approximate surface area is 92.1 Å². The van der Waals surface area contributed by atoms with Gasteiger partial charge in [-0.25, -0.2) is 0 Å². The minimum atomic E-state index is 0.966. The van der Waals surface area contributed by atoms with Gasteiger partial charge in [-0.1, -0.05) is 32.6 Å². The summed E-state index contributed by atoms with van der Waals surface area (Å²) < 4.78 is 5.46. The van der Waals surface area contributed by atoms with E-state index in [1.165, 1.54) is 11.1 Å². The molecule has 0 aliphatic rings. The maximum atomic E-state index is 5.46. The first-order valence-electron chi connectivity index (χ1n) is 5.33. The van der Waals surface area contributed by atoms with Crippen molar-refractivity contribution in [3.8, 4) is 5.75 Å². The Morgan fingerprint density at radius 2 is 1.87 bits per heavy atom. The molecular weight excluding hydrogens is 184 g/mol. The highest BCUT2D eigenvalue weighted by molar-refractivity contribution is 5.63. The average molecular weight is 202 g/mol. The normalized spacial score (nSPS) is 9.53. The average Bonchev–Trinajstić information content (AvgIpc) is 2.28. The van der Waals surface area contributed by atoms with Crippen LogP contribution in [0.3, 0.4) is 0 Å². The number of hydrogen-bond donors (Lipinski definition) is 0. The summed E-state index contributed by atoms with van der Waals surface area (Å²) in [5, 5.41) is 0. The quantitative estimate of drug-likeness (QED) is 0.678. The second-order valence-electron chi connectivity index (χ2n) is 3.39. The van der Waals surface area contributed by atoms with Crippen molar-refractivity contribution in [3.63, 3.8) is 0 Å². The zero-order valence-electron chi connectivity index (χ0n) is 9.76. The van der Waals surface area contributed by atoms with Gasteiger partial charge in [0, 0.05) is 5.56 Å². The van der Waals surface area contributed by atoms with E-state index in [-0.39, 0.29) is 0 Å². The fourth-order valence-corrected chi connectivity index (χ4v) is 1.77. The SMILES string of the molecule is C=C=Cc1c(CC)ccc(CC)c1OC. The predicted octanol–water partition coefficient (Wildman–Crippen LogP) is 3.62. The third kappa shape index (κ3) is 2.31. The van der Waals surface area contributed by atoms with Crippen LogP contribution in [0.1, 0.15) is 30.5 Å². The largest absolute Gasteiger partial charge is 0.496 e. The molecule has 0 unspecified atom stereocenters. The molecule has 0 aliphatic carbocycles. The van der Waals surface area contributed by atoms with Crippen molar-refractivity contribution >= 4 is 6.08 Å². The van der Waals surface area contributed by atoms with Crippen LogP contribution in [0.2, 0.25) is 0 Å².